The van der Waals surface area contributed by atoms with Crippen molar-refractivity contribution >= 4 is 31.9 Å². The van der Waals surface area contributed by atoms with Crippen LogP contribution in [0.15, 0.2) is 28.7 Å². The van der Waals surface area contributed by atoms with Gasteiger partial charge in [-0.1, -0.05) is 63.4 Å². The highest BCUT2D eigenvalue weighted by atomic mass is 79.9. The van der Waals surface area contributed by atoms with E-state index in [4.69, 9.17) is 4.74 Å². The molecule has 1 nitrogen and oxygen atoms in total. The lowest BCUT2D eigenvalue weighted by molar-refractivity contribution is -0.0704. The lowest BCUT2D eigenvalue weighted by Gasteiger charge is -2.39. The standard InChI is InChI=1S/C16H22Br2O/c1-2-13-7-9-16(12-17,10-8-13)19-11-14-5-3-4-6-15(14)18/h3-6,13H,2,7-12H2,1H3. The maximum Gasteiger partial charge on any atom is 0.0783 e. The minimum Gasteiger partial charge on any atom is -0.369 e. The van der Waals surface area contributed by atoms with Crippen molar-refractivity contribution in [2.24, 2.45) is 5.92 Å². The Kier molecular flexibility index (Phi) is 5.91. The summed E-state index contributed by atoms with van der Waals surface area (Å²) in [4.78, 5) is 0. The van der Waals surface area contributed by atoms with Crippen molar-refractivity contribution in [2.45, 2.75) is 51.2 Å². The van der Waals surface area contributed by atoms with Crippen LogP contribution in [-0.2, 0) is 11.3 Å². The van der Waals surface area contributed by atoms with Gasteiger partial charge in [0.25, 0.3) is 0 Å². The Bertz CT molecular complexity index is 397. The second-order valence-corrected chi connectivity index (χ2v) is 6.96. The van der Waals surface area contributed by atoms with E-state index in [9.17, 15) is 0 Å². The largest absolute Gasteiger partial charge is 0.369 e. The van der Waals surface area contributed by atoms with E-state index < -0.39 is 0 Å². The summed E-state index contributed by atoms with van der Waals surface area (Å²) in [5.41, 5.74) is 1.28. The van der Waals surface area contributed by atoms with Gasteiger partial charge in [-0.15, -0.1) is 0 Å². The third-order valence-electron chi connectivity index (χ3n) is 4.33. The van der Waals surface area contributed by atoms with Gasteiger partial charge in [-0.3, -0.25) is 0 Å². The van der Waals surface area contributed by atoms with Gasteiger partial charge in [0.15, 0.2) is 0 Å². The van der Waals surface area contributed by atoms with Crippen LogP contribution in [0.2, 0.25) is 0 Å². The predicted octanol–water partition coefficient (Wildman–Crippen LogP) is 5.70. The molecule has 106 valence electrons. The summed E-state index contributed by atoms with van der Waals surface area (Å²) in [6.07, 6.45) is 6.28. The summed E-state index contributed by atoms with van der Waals surface area (Å²) >= 11 is 7.26. The Labute approximate surface area is 133 Å². The highest BCUT2D eigenvalue weighted by molar-refractivity contribution is 9.10. The number of ether oxygens (including phenoxy) is 1. The highest BCUT2D eigenvalue weighted by Gasteiger charge is 2.34. The molecule has 0 aliphatic heterocycles. The molecule has 0 unspecified atom stereocenters. The first-order valence-corrected chi connectivity index (χ1v) is 9.04. The number of hydrogen-bond donors (Lipinski definition) is 0. The molecule has 0 N–H and O–H groups in total. The molecule has 3 heteroatoms. The third-order valence-corrected chi connectivity index (χ3v) is 6.12. The van der Waals surface area contributed by atoms with E-state index in [1.165, 1.54) is 37.7 Å². The molecule has 1 aliphatic carbocycles. The molecular formula is C16H22Br2O. The average molecular weight is 390 g/mol. The fourth-order valence-electron chi connectivity index (χ4n) is 2.77. The van der Waals surface area contributed by atoms with E-state index in [1.807, 2.05) is 6.07 Å². The first-order valence-electron chi connectivity index (χ1n) is 7.12. The van der Waals surface area contributed by atoms with Gasteiger partial charge in [-0.05, 0) is 43.2 Å². The van der Waals surface area contributed by atoms with Gasteiger partial charge >= 0.3 is 0 Å². The van der Waals surface area contributed by atoms with E-state index in [2.05, 4.69) is 57.0 Å². The first kappa shape index (κ1) is 15.5. The Morgan fingerprint density at radius 3 is 2.53 bits per heavy atom. The smallest absolute Gasteiger partial charge is 0.0783 e. The Balaban J connectivity index is 1.95. The summed E-state index contributed by atoms with van der Waals surface area (Å²) in [7, 11) is 0. The molecule has 1 fully saturated rings. The van der Waals surface area contributed by atoms with Crippen molar-refractivity contribution < 1.29 is 4.74 Å². The Hall–Kier alpha value is 0.140. The number of benzene rings is 1. The van der Waals surface area contributed by atoms with Gasteiger partial charge in [0.05, 0.1) is 12.2 Å². The van der Waals surface area contributed by atoms with Crippen LogP contribution in [0.3, 0.4) is 0 Å². The lowest BCUT2D eigenvalue weighted by Crippen LogP contribution is -2.38. The molecule has 2 rings (SSSR count). The fourth-order valence-corrected chi connectivity index (χ4v) is 3.90. The van der Waals surface area contributed by atoms with Crippen LogP contribution in [0.25, 0.3) is 0 Å². The monoisotopic (exact) mass is 388 g/mol. The fraction of sp³-hybridized carbons (Fsp3) is 0.625. The Morgan fingerprint density at radius 1 is 1.26 bits per heavy atom. The van der Waals surface area contributed by atoms with Gasteiger partial charge in [0.2, 0.25) is 0 Å². The second-order valence-electron chi connectivity index (χ2n) is 5.55. The van der Waals surface area contributed by atoms with Crippen LogP contribution in [0.4, 0.5) is 0 Å². The average Bonchev–Trinajstić information content (AvgIpc) is 2.47. The molecule has 0 atom stereocenters. The summed E-state index contributed by atoms with van der Waals surface area (Å²) in [6.45, 7) is 3.00. The molecule has 0 spiro atoms. The van der Waals surface area contributed by atoms with Crippen molar-refractivity contribution in [3.63, 3.8) is 0 Å². The molecule has 0 bridgehead atoms. The van der Waals surface area contributed by atoms with Crippen molar-refractivity contribution in [3.05, 3.63) is 34.3 Å². The quantitative estimate of drug-likeness (QED) is 0.587. The zero-order valence-electron chi connectivity index (χ0n) is 11.5. The van der Waals surface area contributed by atoms with Gasteiger partial charge in [0.1, 0.15) is 0 Å². The van der Waals surface area contributed by atoms with Gasteiger partial charge in [0, 0.05) is 9.80 Å². The van der Waals surface area contributed by atoms with E-state index in [0.29, 0.717) is 6.61 Å². The van der Waals surface area contributed by atoms with Crippen molar-refractivity contribution in [1.29, 1.82) is 0 Å². The van der Waals surface area contributed by atoms with Crippen LogP contribution in [0.5, 0.6) is 0 Å². The lowest BCUT2D eigenvalue weighted by atomic mass is 9.78. The molecule has 1 aromatic carbocycles. The van der Waals surface area contributed by atoms with Crippen LogP contribution in [0.1, 0.15) is 44.6 Å². The molecule has 1 aromatic rings. The van der Waals surface area contributed by atoms with Gasteiger partial charge in [-0.2, -0.15) is 0 Å². The van der Waals surface area contributed by atoms with Gasteiger partial charge < -0.3 is 4.74 Å². The Morgan fingerprint density at radius 2 is 1.95 bits per heavy atom. The molecule has 0 heterocycles. The van der Waals surface area contributed by atoms with Crippen LogP contribution in [0, 0.1) is 5.92 Å². The van der Waals surface area contributed by atoms with Crippen molar-refractivity contribution in [2.75, 3.05) is 5.33 Å². The third kappa shape index (κ3) is 4.05. The molecule has 1 aliphatic rings. The molecule has 19 heavy (non-hydrogen) atoms. The normalized spacial score (nSPS) is 27.4. The van der Waals surface area contributed by atoms with E-state index >= 15 is 0 Å². The molecule has 0 aromatic heterocycles. The van der Waals surface area contributed by atoms with Crippen molar-refractivity contribution in [1.82, 2.24) is 0 Å². The van der Waals surface area contributed by atoms with E-state index in [0.717, 1.165) is 15.7 Å². The summed E-state index contributed by atoms with van der Waals surface area (Å²) in [6, 6.07) is 8.32. The maximum absolute atomic E-state index is 6.30. The summed E-state index contributed by atoms with van der Waals surface area (Å²) < 4.78 is 7.44. The van der Waals surface area contributed by atoms with E-state index in [1.54, 1.807) is 0 Å². The molecular weight excluding hydrogens is 368 g/mol. The number of halogens is 2. The predicted molar refractivity (Wildman–Crippen MR) is 87.7 cm³/mol. The number of rotatable bonds is 5. The zero-order chi connectivity index (χ0) is 13.7. The second kappa shape index (κ2) is 7.24. The summed E-state index contributed by atoms with van der Waals surface area (Å²) in [5.74, 6) is 0.902. The SMILES string of the molecule is CCC1CCC(CBr)(OCc2ccccc2Br)CC1. The van der Waals surface area contributed by atoms with Crippen LogP contribution < -0.4 is 0 Å². The molecule has 1 saturated carbocycles. The first-order chi connectivity index (χ1) is 9.19. The van der Waals surface area contributed by atoms with Gasteiger partial charge in [-0.25, -0.2) is 0 Å². The van der Waals surface area contributed by atoms with Crippen LogP contribution in [-0.4, -0.2) is 10.9 Å². The molecule has 0 radical (unpaired) electrons. The topological polar surface area (TPSA) is 9.23 Å². The maximum atomic E-state index is 6.30. The highest BCUT2D eigenvalue weighted by Crippen LogP contribution is 2.38. The minimum atomic E-state index is 0.0426. The molecule has 0 amide bonds. The minimum absolute atomic E-state index is 0.0426. The number of alkyl halides is 1. The molecule has 0 saturated heterocycles. The summed E-state index contributed by atoms with van der Waals surface area (Å²) in [5, 5.41) is 0.945. The van der Waals surface area contributed by atoms with Crippen molar-refractivity contribution in [3.8, 4) is 0 Å². The zero-order valence-corrected chi connectivity index (χ0v) is 14.7. The number of hydrogen-bond acceptors (Lipinski definition) is 1. The van der Waals surface area contributed by atoms with Crippen LogP contribution >= 0.6 is 31.9 Å². The van der Waals surface area contributed by atoms with E-state index in [-0.39, 0.29) is 5.60 Å².